The van der Waals surface area contributed by atoms with E-state index < -0.39 is 21.8 Å². The summed E-state index contributed by atoms with van der Waals surface area (Å²) in [6.45, 7) is 1.24. The van der Waals surface area contributed by atoms with Crippen LogP contribution in [0, 0.1) is 0 Å². The van der Waals surface area contributed by atoms with E-state index >= 15 is 0 Å². The first-order valence-electron chi connectivity index (χ1n) is 12.3. The molecule has 0 aliphatic heterocycles. The van der Waals surface area contributed by atoms with Gasteiger partial charge in [0.05, 0.1) is 21.5 Å². The number of aromatic nitrogens is 1. The molecule has 0 spiro atoms. The zero-order valence-electron chi connectivity index (χ0n) is 21.4. The summed E-state index contributed by atoms with van der Waals surface area (Å²) >= 11 is 5.76. The van der Waals surface area contributed by atoms with Gasteiger partial charge in [0.2, 0.25) is 9.84 Å². The van der Waals surface area contributed by atoms with E-state index in [0.29, 0.717) is 36.2 Å². The average Bonchev–Trinajstić information content (AvgIpc) is 2.96. The summed E-state index contributed by atoms with van der Waals surface area (Å²) in [5.74, 6) is -0.120. The van der Waals surface area contributed by atoms with Gasteiger partial charge in [0.1, 0.15) is 29.9 Å². The van der Waals surface area contributed by atoms with E-state index in [1.54, 1.807) is 24.3 Å². The largest absolute Gasteiger partial charge is 0.492 e. The topological polar surface area (TPSA) is 141 Å². The maximum Gasteiger partial charge on any atom is 0.252 e. The highest BCUT2D eigenvalue weighted by Gasteiger charge is 2.21. The Morgan fingerprint density at radius 1 is 0.975 bits per heavy atom. The minimum absolute atomic E-state index is 0.0260. The first-order valence-corrected chi connectivity index (χ1v) is 14.2. The Morgan fingerprint density at radius 3 is 2.38 bits per heavy atom. The van der Waals surface area contributed by atoms with Gasteiger partial charge in [0, 0.05) is 24.8 Å². The molecule has 1 amide bonds. The van der Waals surface area contributed by atoms with Crippen LogP contribution in [0.4, 0.5) is 0 Å². The Balaban J connectivity index is 1.33. The number of hydrogen-bond donors (Lipinski definition) is 3. The number of nitrogens with zero attached hydrogens (tertiary/aromatic N) is 1. The zero-order chi connectivity index (χ0) is 28.5. The van der Waals surface area contributed by atoms with Crippen LogP contribution in [-0.2, 0) is 16.4 Å². The monoisotopic (exact) mass is 581 g/mol. The number of carbonyl (C=O) groups is 1. The van der Waals surface area contributed by atoms with Gasteiger partial charge in [0.15, 0.2) is 0 Å². The summed E-state index contributed by atoms with van der Waals surface area (Å²) in [6, 6.07) is 22.7. The van der Waals surface area contributed by atoms with Gasteiger partial charge in [0.25, 0.3) is 5.91 Å². The summed E-state index contributed by atoms with van der Waals surface area (Å²) in [5.41, 5.74) is 7.03. The molecule has 40 heavy (non-hydrogen) atoms. The van der Waals surface area contributed by atoms with Crippen LogP contribution in [0.15, 0.2) is 101 Å². The van der Waals surface area contributed by atoms with E-state index in [-0.39, 0.29) is 27.7 Å². The molecule has 208 valence electrons. The van der Waals surface area contributed by atoms with Gasteiger partial charge in [-0.25, -0.2) is 13.4 Å². The predicted molar refractivity (Wildman–Crippen MR) is 150 cm³/mol. The standard InChI is InChI=1S/C29H28ClN3O6S/c30-28-13-6-21(17-33-28)26(34)18-32-14-15-38-22-7-9-23(10-8-22)40(36,37)24-11-12-27(25(16-24)29(31)35)39-19-20-4-2-1-3-5-20/h1-13,16-17,26,32,34H,14-15,18-19H2,(H2,31,35)/t26-/m0/s1. The molecule has 0 bridgehead atoms. The predicted octanol–water partition coefficient (Wildman–Crippen LogP) is 3.95. The van der Waals surface area contributed by atoms with Crippen LogP contribution in [-0.4, -0.2) is 44.1 Å². The number of aliphatic hydroxyl groups excluding tert-OH is 1. The fourth-order valence-electron chi connectivity index (χ4n) is 3.76. The Bertz CT molecular complexity index is 1530. The fraction of sp³-hybridized carbons (Fsp3) is 0.172. The van der Waals surface area contributed by atoms with Gasteiger partial charge in [-0.3, -0.25) is 4.79 Å². The number of hydrogen-bond acceptors (Lipinski definition) is 8. The van der Waals surface area contributed by atoms with Gasteiger partial charge in [-0.05, 0) is 54.1 Å². The number of halogens is 1. The van der Waals surface area contributed by atoms with Gasteiger partial charge < -0.3 is 25.6 Å². The number of nitrogens with two attached hydrogens (primary N) is 1. The highest BCUT2D eigenvalue weighted by molar-refractivity contribution is 7.91. The van der Waals surface area contributed by atoms with E-state index in [1.807, 2.05) is 30.3 Å². The van der Waals surface area contributed by atoms with Crippen molar-refractivity contribution < 1.29 is 27.8 Å². The quantitative estimate of drug-likeness (QED) is 0.159. The lowest BCUT2D eigenvalue weighted by Crippen LogP contribution is -2.26. The molecule has 3 aromatic carbocycles. The number of pyridine rings is 1. The molecule has 0 aliphatic carbocycles. The summed E-state index contributed by atoms with van der Waals surface area (Å²) in [6.07, 6.45) is 0.776. The van der Waals surface area contributed by atoms with Gasteiger partial charge >= 0.3 is 0 Å². The van der Waals surface area contributed by atoms with Crippen molar-refractivity contribution >= 4 is 27.3 Å². The van der Waals surface area contributed by atoms with Crippen molar-refractivity contribution in [3.63, 3.8) is 0 Å². The second-order valence-electron chi connectivity index (χ2n) is 8.75. The number of sulfone groups is 1. The maximum atomic E-state index is 13.2. The van der Waals surface area contributed by atoms with Gasteiger partial charge in [-0.2, -0.15) is 0 Å². The summed E-state index contributed by atoms with van der Waals surface area (Å²) in [4.78, 5) is 16.0. The van der Waals surface area contributed by atoms with Crippen LogP contribution in [0.2, 0.25) is 5.15 Å². The van der Waals surface area contributed by atoms with Crippen molar-refractivity contribution in [1.29, 1.82) is 0 Å². The Hall–Kier alpha value is -3.96. The molecule has 4 N–H and O–H groups in total. The van der Waals surface area contributed by atoms with Gasteiger partial charge in [-0.1, -0.05) is 48.0 Å². The SMILES string of the molecule is NC(=O)c1cc(S(=O)(=O)c2ccc(OCCNC[C@H](O)c3ccc(Cl)nc3)cc2)ccc1OCc1ccccc1. The Labute approximate surface area is 237 Å². The molecule has 1 atom stereocenters. The van der Waals surface area contributed by atoms with E-state index in [1.165, 1.54) is 36.5 Å². The van der Waals surface area contributed by atoms with Crippen molar-refractivity contribution in [2.75, 3.05) is 19.7 Å². The number of rotatable bonds is 13. The number of carbonyl (C=O) groups excluding carboxylic acids is 1. The third-order valence-electron chi connectivity index (χ3n) is 5.92. The minimum Gasteiger partial charge on any atom is -0.492 e. The molecule has 9 nitrogen and oxygen atoms in total. The van der Waals surface area contributed by atoms with Crippen LogP contribution in [0.5, 0.6) is 11.5 Å². The first-order chi connectivity index (χ1) is 19.2. The second kappa shape index (κ2) is 13.4. The van der Waals surface area contributed by atoms with E-state index in [2.05, 4.69) is 10.3 Å². The molecule has 0 aliphatic rings. The normalized spacial score (nSPS) is 12.1. The lowest BCUT2D eigenvalue weighted by Gasteiger charge is -2.13. The highest BCUT2D eigenvalue weighted by Crippen LogP contribution is 2.28. The number of amides is 1. The van der Waals surface area contributed by atoms with Gasteiger partial charge in [-0.15, -0.1) is 0 Å². The molecular weight excluding hydrogens is 554 g/mol. The number of aliphatic hydroxyl groups is 1. The van der Waals surface area contributed by atoms with Crippen LogP contribution in [0.1, 0.15) is 27.6 Å². The molecule has 1 aromatic heterocycles. The molecule has 0 unspecified atom stereocenters. The molecule has 4 rings (SSSR count). The number of primary amides is 1. The minimum atomic E-state index is -3.94. The first kappa shape index (κ1) is 29.0. The van der Waals surface area contributed by atoms with Crippen LogP contribution >= 0.6 is 11.6 Å². The Kier molecular flexibility index (Phi) is 9.73. The van der Waals surface area contributed by atoms with Crippen LogP contribution in [0.3, 0.4) is 0 Å². The third kappa shape index (κ3) is 7.57. The summed E-state index contributed by atoms with van der Waals surface area (Å²) in [5, 5.41) is 13.6. The molecule has 0 fully saturated rings. The summed E-state index contributed by atoms with van der Waals surface area (Å²) in [7, 11) is -3.94. The van der Waals surface area contributed by atoms with Crippen molar-refractivity contribution in [1.82, 2.24) is 10.3 Å². The maximum absolute atomic E-state index is 13.2. The molecular formula is C29H28ClN3O6S. The lowest BCUT2D eigenvalue weighted by molar-refractivity contribution is 0.0995. The molecule has 0 saturated carbocycles. The number of nitrogens with one attached hydrogen (secondary N) is 1. The van der Waals surface area contributed by atoms with Crippen molar-refractivity contribution in [2.24, 2.45) is 5.73 Å². The highest BCUT2D eigenvalue weighted by atomic mass is 35.5. The average molecular weight is 582 g/mol. The van der Waals surface area contributed by atoms with Crippen molar-refractivity contribution in [3.05, 3.63) is 113 Å². The van der Waals surface area contributed by atoms with Crippen molar-refractivity contribution in [3.8, 4) is 11.5 Å². The van der Waals surface area contributed by atoms with Crippen LogP contribution in [0.25, 0.3) is 0 Å². The third-order valence-corrected chi connectivity index (χ3v) is 7.91. The lowest BCUT2D eigenvalue weighted by atomic mass is 10.1. The smallest absolute Gasteiger partial charge is 0.252 e. The van der Waals surface area contributed by atoms with E-state index in [4.69, 9.17) is 26.8 Å². The number of benzene rings is 3. The molecule has 11 heteroatoms. The molecule has 4 aromatic rings. The van der Waals surface area contributed by atoms with Crippen molar-refractivity contribution in [2.45, 2.75) is 22.5 Å². The number of ether oxygens (including phenoxy) is 2. The second-order valence-corrected chi connectivity index (χ2v) is 11.1. The summed E-state index contributed by atoms with van der Waals surface area (Å²) < 4.78 is 37.9. The van der Waals surface area contributed by atoms with E-state index in [0.717, 1.165) is 5.56 Å². The Morgan fingerprint density at radius 2 is 1.70 bits per heavy atom. The van der Waals surface area contributed by atoms with Crippen LogP contribution < -0.4 is 20.5 Å². The molecule has 0 radical (unpaired) electrons. The van der Waals surface area contributed by atoms with E-state index in [9.17, 15) is 18.3 Å². The zero-order valence-corrected chi connectivity index (χ0v) is 22.9. The molecule has 0 saturated heterocycles. The molecule has 1 heterocycles. The fourth-order valence-corrected chi connectivity index (χ4v) is 5.16.